The standard InChI is InChI=1S/C10H7N3O/c14-9(8-3-1-4-11-7-8)10-12-5-2-6-13-10/h1-7H. The summed E-state index contributed by atoms with van der Waals surface area (Å²) in [6.07, 6.45) is 6.19. The highest BCUT2D eigenvalue weighted by Gasteiger charge is 2.10. The lowest BCUT2D eigenvalue weighted by atomic mass is 10.2. The number of hydrogen-bond acceptors (Lipinski definition) is 4. The summed E-state index contributed by atoms with van der Waals surface area (Å²) in [4.78, 5) is 23.3. The lowest BCUT2D eigenvalue weighted by Crippen LogP contribution is -2.06. The van der Waals surface area contributed by atoms with Gasteiger partial charge in [-0.3, -0.25) is 9.78 Å². The summed E-state index contributed by atoms with van der Waals surface area (Å²) in [6.45, 7) is 0. The Morgan fingerprint density at radius 3 is 2.50 bits per heavy atom. The number of carbonyl (C=O) groups is 1. The zero-order valence-electron chi connectivity index (χ0n) is 7.29. The van der Waals surface area contributed by atoms with Gasteiger partial charge in [0.15, 0.2) is 0 Å². The van der Waals surface area contributed by atoms with Crippen LogP contribution in [0.2, 0.25) is 0 Å². The quantitative estimate of drug-likeness (QED) is 0.657. The fourth-order valence-corrected chi connectivity index (χ4v) is 1.04. The van der Waals surface area contributed by atoms with Crippen molar-refractivity contribution in [3.8, 4) is 0 Å². The van der Waals surface area contributed by atoms with E-state index in [1.165, 1.54) is 18.6 Å². The van der Waals surface area contributed by atoms with Crippen molar-refractivity contribution in [2.24, 2.45) is 0 Å². The Bertz CT molecular complexity index is 386. The second-order valence-electron chi connectivity index (χ2n) is 2.64. The predicted molar refractivity (Wildman–Crippen MR) is 49.7 cm³/mol. The van der Waals surface area contributed by atoms with Crippen LogP contribution >= 0.6 is 0 Å². The van der Waals surface area contributed by atoms with Gasteiger partial charge >= 0.3 is 0 Å². The zero-order valence-corrected chi connectivity index (χ0v) is 7.29. The molecule has 0 aromatic carbocycles. The molecule has 0 unspecified atom stereocenters. The van der Waals surface area contributed by atoms with Crippen molar-refractivity contribution in [3.63, 3.8) is 0 Å². The first kappa shape index (κ1) is 8.50. The van der Waals surface area contributed by atoms with Gasteiger partial charge < -0.3 is 0 Å². The van der Waals surface area contributed by atoms with E-state index in [0.717, 1.165) is 0 Å². The predicted octanol–water partition coefficient (Wildman–Crippen LogP) is 1.10. The largest absolute Gasteiger partial charge is 0.285 e. The molecule has 4 heteroatoms. The average molecular weight is 185 g/mol. The zero-order chi connectivity index (χ0) is 9.80. The number of hydrogen-bond donors (Lipinski definition) is 0. The van der Waals surface area contributed by atoms with Gasteiger partial charge in [0.2, 0.25) is 11.6 Å². The van der Waals surface area contributed by atoms with E-state index in [2.05, 4.69) is 15.0 Å². The molecule has 0 saturated heterocycles. The van der Waals surface area contributed by atoms with Gasteiger partial charge in [0, 0.05) is 30.4 Å². The molecule has 0 bridgehead atoms. The molecule has 0 spiro atoms. The van der Waals surface area contributed by atoms with E-state index in [4.69, 9.17) is 0 Å². The van der Waals surface area contributed by atoms with Crippen molar-refractivity contribution in [2.75, 3.05) is 0 Å². The molecule has 0 amide bonds. The average Bonchev–Trinajstić information content (AvgIpc) is 2.30. The topological polar surface area (TPSA) is 55.7 Å². The minimum absolute atomic E-state index is 0.195. The summed E-state index contributed by atoms with van der Waals surface area (Å²) >= 11 is 0. The lowest BCUT2D eigenvalue weighted by molar-refractivity contribution is 0.102. The second kappa shape index (κ2) is 3.74. The SMILES string of the molecule is O=C(c1cccnc1)c1ncccn1. The minimum Gasteiger partial charge on any atom is -0.285 e. The van der Waals surface area contributed by atoms with Gasteiger partial charge in [-0.15, -0.1) is 0 Å². The molecule has 0 saturated carbocycles. The number of rotatable bonds is 2. The molecular formula is C10H7N3O. The maximum atomic E-state index is 11.7. The molecule has 2 aromatic heterocycles. The number of nitrogens with zero attached hydrogens (tertiary/aromatic N) is 3. The first-order chi connectivity index (χ1) is 6.88. The Morgan fingerprint density at radius 1 is 1.07 bits per heavy atom. The summed E-state index contributed by atoms with van der Waals surface area (Å²) in [6, 6.07) is 5.06. The van der Waals surface area contributed by atoms with E-state index in [1.807, 2.05) is 0 Å². The van der Waals surface area contributed by atoms with Crippen LogP contribution in [0.25, 0.3) is 0 Å². The third kappa shape index (κ3) is 1.64. The first-order valence-electron chi connectivity index (χ1n) is 4.09. The fourth-order valence-electron chi connectivity index (χ4n) is 1.04. The maximum Gasteiger partial charge on any atom is 0.231 e. The van der Waals surface area contributed by atoms with Crippen LogP contribution in [0, 0.1) is 0 Å². The van der Waals surface area contributed by atoms with Crippen LogP contribution in [0.15, 0.2) is 43.0 Å². The third-order valence-electron chi connectivity index (χ3n) is 1.69. The highest BCUT2D eigenvalue weighted by Crippen LogP contribution is 2.02. The van der Waals surface area contributed by atoms with E-state index < -0.39 is 0 Å². The smallest absolute Gasteiger partial charge is 0.231 e. The van der Waals surface area contributed by atoms with Gasteiger partial charge in [-0.2, -0.15) is 0 Å². The van der Waals surface area contributed by atoms with Crippen molar-refractivity contribution in [2.45, 2.75) is 0 Å². The van der Waals surface area contributed by atoms with Gasteiger partial charge in [-0.05, 0) is 18.2 Å². The molecule has 0 fully saturated rings. The Morgan fingerprint density at radius 2 is 1.86 bits per heavy atom. The summed E-state index contributed by atoms with van der Waals surface area (Å²) < 4.78 is 0. The van der Waals surface area contributed by atoms with Gasteiger partial charge in [0.1, 0.15) is 0 Å². The summed E-state index contributed by atoms with van der Waals surface area (Å²) in [5.41, 5.74) is 0.499. The normalized spacial score (nSPS) is 9.71. The molecule has 14 heavy (non-hydrogen) atoms. The minimum atomic E-state index is -0.210. The van der Waals surface area contributed by atoms with E-state index in [-0.39, 0.29) is 11.6 Å². The lowest BCUT2D eigenvalue weighted by Gasteiger charge is -1.96. The highest BCUT2D eigenvalue weighted by atomic mass is 16.1. The van der Waals surface area contributed by atoms with Gasteiger partial charge in [-0.25, -0.2) is 9.97 Å². The van der Waals surface area contributed by atoms with Gasteiger partial charge in [0.25, 0.3) is 0 Å². The van der Waals surface area contributed by atoms with Crippen molar-refractivity contribution in [3.05, 3.63) is 54.4 Å². The Hall–Kier alpha value is -2.10. The van der Waals surface area contributed by atoms with Gasteiger partial charge in [0.05, 0.1) is 0 Å². The second-order valence-corrected chi connectivity index (χ2v) is 2.64. The van der Waals surface area contributed by atoms with Crippen molar-refractivity contribution >= 4 is 5.78 Å². The van der Waals surface area contributed by atoms with E-state index in [9.17, 15) is 4.79 Å². The van der Waals surface area contributed by atoms with Crippen LogP contribution < -0.4 is 0 Å². The molecule has 68 valence electrons. The van der Waals surface area contributed by atoms with Crippen LogP contribution in [0.5, 0.6) is 0 Å². The molecule has 0 atom stereocenters. The van der Waals surface area contributed by atoms with Crippen molar-refractivity contribution in [1.29, 1.82) is 0 Å². The van der Waals surface area contributed by atoms with Crippen LogP contribution in [0.3, 0.4) is 0 Å². The third-order valence-corrected chi connectivity index (χ3v) is 1.69. The van der Waals surface area contributed by atoms with Crippen LogP contribution in [0.1, 0.15) is 16.2 Å². The first-order valence-corrected chi connectivity index (χ1v) is 4.09. The van der Waals surface area contributed by atoms with Crippen LogP contribution in [0.4, 0.5) is 0 Å². The van der Waals surface area contributed by atoms with E-state index in [0.29, 0.717) is 5.56 Å². The molecular weight excluding hydrogens is 178 g/mol. The molecule has 4 nitrogen and oxygen atoms in total. The molecule has 0 radical (unpaired) electrons. The molecule has 2 rings (SSSR count). The highest BCUT2D eigenvalue weighted by molar-refractivity contribution is 6.06. The monoisotopic (exact) mass is 185 g/mol. The number of carbonyl (C=O) groups excluding carboxylic acids is 1. The number of ketones is 1. The number of pyridine rings is 1. The summed E-state index contributed by atoms with van der Waals surface area (Å²) in [7, 11) is 0. The Labute approximate surface area is 80.7 Å². The molecule has 0 aliphatic rings. The maximum absolute atomic E-state index is 11.7. The summed E-state index contributed by atoms with van der Waals surface area (Å²) in [5, 5.41) is 0. The van der Waals surface area contributed by atoms with E-state index in [1.54, 1.807) is 24.4 Å². The Balaban J connectivity index is 2.35. The van der Waals surface area contributed by atoms with Crippen LogP contribution in [-0.2, 0) is 0 Å². The number of aromatic nitrogens is 3. The molecule has 2 heterocycles. The van der Waals surface area contributed by atoms with Crippen LogP contribution in [-0.4, -0.2) is 20.7 Å². The fraction of sp³-hybridized carbons (Fsp3) is 0. The van der Waals surface area contributed by atoms with Crippen molar-refractivity contribution in [1.82, 2.24) is 15.0 Å². The molecule has 0 N–H and O–H groups in total. The molecule has 0 aliphatic carbocycles. The molecule has 0 aliphatic heterocycles. The van der Waals surface area contributed by atoms with Gasteiger partial charge in [-0.1, -0.05) is 0 Å². The summed E-state index contributed by atoms with van der Waals surface area (Å²) in [5.74, 6) is -0.0146. The Kier molecular flexibility index (Phi) is 2.27. The van der Waals surface area contributed by atoms with Crippen molar-refractivity contribution < 1.29 is 4.79 Å². The molecule has 2 aromatic rings. The van der Waals surface area contributed by atoms with E-state index >= 15 is 0 Å².